The number of hydrogen-bond donors (Lipinski definition) is 0. The maximum Gasteiger partial charge on any atom is 0.332 e. The van der Waals surface area contributed by atoms with Crippen LogP contribution in [-0.4, -0.2) is 18.7 Å². The van der Waals surface area contributed by atoms with Crippen molar-refractivity contribution in [2.45, 2.75) is 0 Å². The number of hydrogen-bond acceptors (Lipinski definition) is 5. The molecule has 0 radical (unpaired) electrons. The number of aryl methyl sites for hydroxylation is 2. The Bertz CT molecular complexity index is 1060. The van der Waals surface area contributed by atoms with E-state index in [-0.39, 0.29) is 17.1 Å². The number of halogens is 1. The van der Waals surface area contributed by atoms with Gasteiger partial charge in [0.05, 0.1) is 5.69 Å². The first-order valence-electron chi connectivity index (χ1n) is 6.70. The highest BCUT2D eigenvalue weighted by Crippen LogP contribution is 2.22. The molecule has 0 aliphatic carbocycles. The van der Waals surface area contributed by atoms with Crippen LogP contribution in [0, 0.1) is 0 Å². The minimum absolute atomic E-state index is 0.221. The summed E-state index contributed by atoms with van der Waals surface area (Å²) in [5.74, 6) is 0.221. The van der Waals surface area contributed by atoms with Crippen molar-refractivity contribution < 1.29 is 0 Å². The lowest BCUT2D eigenvalue weighted by Crippen LogP contribution is -2.37. The molecule has 118 valence electrons. The first-order valence-corrected chi connectivity index (χ1v) is 7.07. The summed E-state index contributed by atoms with van der Waals surface area (Å²) in [5, 5.41) is 8.65. The topological polar surface area (TPSA) is 86.5 Å². The average molecular weight is 333 g/mol. The van der Waals surface area contributed by atoms with Crippen LogP contribution in [0.3, 0.4) is 0 Å². The highest BCUT2D eigenvalue weighted by molar-refractivity contribution is 6.30. The highest BCUT2D eigenvalue weighted by Gasteiger charge is 2.16. The smallest absolute Gasteiger partial charge is 0.304 e. The minimum Gasteiger partial charge on any atom is -0.304 e. The maximum atomic E-state index is 12.3. The van der Waals surface area contributed by atoms with E-state index in [0.717, 1.165) is 4.57 Å². The fourth-order valence-corrected chi connectivity index (χ4v) is 2.42. The van der Waals surface area contributed by atoms with Crippen molar-refractivity contribution in [1.82, 2.24) is 18.7 Å². The van der Waals surface area contributed by atoms with Gasteiger partial charge in [0.15, 0.2) is 11.2 Å². The van der Waals surface area contributed by atoms with Gasteiger partial charge in [-0.3, -0.25) is 13.9 Å². The van der Waals surface area contributed by atoms with Gasteiger partial charge in [0.2, 0.25) is 0 Å². The molecule has 0 aliphatic rings. The van der Waals surface area contributed by atoms with E-state index in [0.29, 0.717) is 10.7 Å². The van der Waals surface area contributed by atoms with Crippen molar-refractivity contribution in [2.75, 3.05) is 0 Å². The van der Waals surface area contributed by atoms with E-state index in [1.165, 1.54) is 16.2 Å². The summed E-state index contributed by atoms with van der Waals surface area (Å²) in [6, 6.07) is 6.88. The number of fused-ring (bicyclic) bond motifs is 1. The van der Waals surface area contributed by atoms with Crippen LogP contribution in [0.1, 0.15) is 0 Å². The van der Waals surface area contributed by atoms with Gasteiger partial charge >= 0.3 is 5.69 Å². The Morgan fingerprint density at radius 2 is 1.78 bits per heavy atom. The van der Waals surface area contributed by atoms with Gasteiger partial charge in [-0.2, -0.15) is 4.98 Å². The zero-order valence-electron chi connectivity index (χ0n) is 12.7. The van der Waals surface area contributed by atoms with Gasteiger partial charge in [-0.15, -0.1) is 10.2 Å². The van der Waals surface area contributed by atoms with Crippen LogP contribution < -0.4 is 11.2 Å². The second-order valence-electron chi connectivity index (χ2n) is 5.03. The van der Waals surface area contributed by atoms with Crippen LogP contribution in [0.5, 0.6) is 0 Å². The SMILES string of the molecule is Cn1c(=O)c2c(nc(N=Nc3cccc(Cl)c3)n2C)n(C)c1=O. The monoisotopic (exact) mass is 332 g/mol. The van der Waals surface area contributed by atoms with E-state index in [1.807, 2.05) is 0 Å². The summed E-state index contributed by atoms with van der Waals surface area (Å²) in [4.78, 5) is 28.4. The zero-order chi connectivity index (χ0) is 16.7. The first-order chi connectivity index (χ1) is 10.9. The molecule has 0 spiro atoms. The molecule has 0 unspecified atom stereocenters. The van der Waals surface area contributed by atoms with Crippen molar-refractivity contribution in [1.29, 1.82) is 0 Å². The third kappa shape index (κ3) is 2.46. The first kappa shape index (κ1) is 15.2. The van der Waals surface area contributed by atoms with Crippen molar-refractivity contribution in [2.24, 2.45) is 31.4 Å². The van der Waals surface area contributed by atoms with Crippen LogP contribution in [0.15, 0.2) is 44.1 Å². The Hall–Kier alpha value is -2.74. The summed E-state index contributed by atoms with van der Waals surface area (Å²) in [6.45, 7) is 0. The van der Waals surface area contributed by atoms with Crippen molar-refractivity contribution >= 4 is 34.4 Å². The predicted molar refractivity (Wildman–Crippen MR) is 86.8 cm³/mol. The molecule has 0 N–H and O–H groups in total. The fourth-order valence-electron chi connectivity index (χ4n) is 2.24. The number of azo groups is 1. The molecule has 0 amide bonds. The van der Waals surface area contributed by atoms with Gasteiger partial charge < -0.3 is 4.57 Å². The number of benzene rings is 1. The van der Waals surface area contributed by atoms with E-state index in [2.05, 4.69) is 15.2 Å². The second kappa shape index (κ2) is 5.47. The number of nitrogens with zero attached hydrogens (tertiary/aromatic N) is 6. The number of imidazole rings is 1. The van der Waals surface area contributed by atoms with Crippen LogP contribution >= 0.6 is 11.6 Å². The summed E-state index contributed by atoms with van der Waals surface area (Å²) in [7, 11) is 4.62. The van der Waals surface area contributed by atoms with E-state index < -0.39 is 11.2 Å². The summed E-state index contributed by atoms with van der Waals surface area (Å²) in [5.41, 5.74) is 0.239. The molecule has 3 aromatic rings. The molecule has 0 bridgehead atoms. The quantitative estimate of drug-likeness (QED) is 0.673. The third-order valence-corrected chi connectivity index (χ3v) is 3.75. The Morgan fingerprint density at radius 1 is 1.04 bits per heavy atom. The average Bonchev–Trinajstić information content (AvgIpc) is 2.86. The summed E-state index contributed by atoms with van der Waals surface area (Å²) in [6.07, 6.45) is 0. The minimum atomic E-state index is -0.445. The Kier molecular flexibility index (Phi) is 3.61. The van der Waals surface area contributed by atoms with E-state index in [4.69, 9.17) is 11.6 Å². The van der Waals surface area contributed by atoms with E-state index in [9.17, 15) is 9.59 Å². The molecule has 0 atom stereocenters. The maximum absolute atomic E-state index is 12.3. The number of aromatic nitrogens is 4. The lowest BCUT2D eigenvalue weighted by Gasteiger charge is -2.02. The Labute approximate surface area is 135 Å². The molecule has 3 rings (SSSR count). The van der Waals surface area contributed by atoms with Crippen LogP contribution in [0.2, 0.25) is 5.02 Å². The lowest BCUT2D eigenvalue weighted by molar-refractivity contribution is 0.705. The largest absolute Gasteiger partial charge is 0.332 e. The molecule has 0 fully saturated rings. The molecular weight excluding hydrogens is 320 g/mol. The molecule has 0 aliphatic heterocycles. The Balaban J connectivity index is 2.19. The molecule has 0 saturated carbocycles. The molecule has 1 aromatic carbocycles. The molecule has 8 nitrogen and oxygen atoms in total. The summed E-state index contributed by atoms with van der Waals surface area (Å²) >= 11 is 5.89. The molecular formula is C14H13ClN6O2. The summed E-state index contributed by atoms with van der Waals surface area (Å²) < 4.78 is 3.84. The molecule has 9 heteroatoms. The van der Waals surface area contributed by atoms with Crippen molar-refractivity contribution in [3.8, 4) is 0 Å². The van der Waals surface area contributed by atoms with Crippen LogP contribution in [0.25, 0.3) is 11.2 Å². The standard InChI is InChI=1S/C14H13ClN6O2/c1-19-10-11(20(2)14(23)21(3)12(10)22)16-13(19)18-17-9-6-4-5-8(15)7-9/h4-7H,1-3H3. The molecule has 0 saturated heterocycles. The van der Waals surface area contributed by atoms with E-state index in [1.54, 1.807) is 38.4 Å². The second-order valence-corrected chi connectivity index (χ2v) is 5.47. The van der Waals surface area contributed by atoms with Crippen LogP contribution in [-0.2, 0) is 21.1 Å². The third-order valence-electron chi connectivity index (χ3n) is 3.52. The predicted octanol–water partition coefficient (Wildman–Crippen LogP) is 2.04. The molecule has 2 aromatic heterocycles. The lowest BCUT2D eigenvalue weighted by atomic mass is 10.3. The van der Waals surface area contributed by atoms with Gasteiger partial charge in [0, 0.05) is 26.2 Å². The number of rotatable bonds is 2. The fraction of sp³-hybridized carbons (Fsp3) is 0.214. The highest BCUT2D eigenvalue weighted by atomic mass is 35.5. The van der Waals surface area contributed by atoms with Gasteiger partial charge in [-0.05, 0) is 18.2 Å². The zero-order valence-corrected chi connectivity index (χ0v) is 13.4. The van der Waals surface area contributed by atoms with Gasteiger partial charge in [-0.1, -0.05) is 17.7 Å². The van der Waals surface area contributed by atoms with Crippen molar-refractivity contribution in [3.63, 3.8) is 0 Å². The normalized spacial score (nSPS) is 11.7. The van der Waals surface area contributed by atoms with Crippen LogP contribution in [0.4, 0.5) is 11.6 Å². The van der Waals surface area contributed by atoms with E-state index >= 15 is 0 Å². The van der Waals surface area contributed by atoms with Gasteiger partial charge in [0.25, 0.3) is 11.5 Å². The van der Waals surface area contributed by atoms with Gasteiger partial charge in [0.1, 0.15) is 0 Å². The van der Waals surface area contributed by atoms with Gasteiger partial charge in [-0.25, -0.2) is 4.79 Å². The Morgan fingerprint density at radius 3 is 2.48 bits per heavy atom. The molecule has 23 heavy (non-hydrogen) atoms. The molecule has 2 heterocycles. The van der Waals surface area contributed by atoms with Crippen molar-refractivity contribution in [3.05, 3.63) is 50.1 Å².